The van der Waals surface area contributed by atoms with Crippen LogP contribution in [0.2, 0.25) is 10.0 Å². The number of hydrazine groups is 1. The predicted octanol–water partition coefficient (Wildman–Crippen LogP) is 3.89. The van der Waals surface area contributed by atoms with E-state index >= 15 is 0 Å². The van der Waals surface area contributed by atoms with Crippen LogP contribution < -0.4 is 16.0 Å². The first-order chi connectivity index (χ1) is 10.0. The van der Waals surface area contributed by atoms with Crippen molar-refractivity contribution in [2.24, 2.45) is 5.84 Å². The lowest BCUT2D eigenvalue weighted by atomic mass is 9.98. The van der Waals surface area contributed by atoms with Crippen molar-refractivity contribution in [3.8, 4) is 5.75 Å². The van der Waals surface area contributed by atoms with E-state index in [1.807, 2.05) is 6.07 Å². The molecule has 0 aromatic heterocycles. The Morgan fingerprint density at radius 2 is 2.00 bits per heavy atom. The van der Waals surface area contributed by atoms with Crippen molar-refractivity contribution in [3.63, 3.8) is 0 Å². The minimum Gasteiger partial charge on any atom is -0.496 e. The SMILES string of the molecule is COc1cc(Cl)ccc1C(Cc1ccc(F)cc1Cl)NN. The number of nitrogens with one attached hydrogen (secondary N) is 1. The standard InChI is InChI=1S/C15H15Cl2FN2O/c1-21-15-7-10(16)3-5-12(15)14(20-19)6-9-2-4-11(18)8-13(9)17/h2-5,7-8,14,20H,6,19H2,1H3. The van der Waals surface area contributed by atoms with Crippen molar-refractivity contribution in [1.29, 1.82) is 0 Å². The van der Waals surface area contributed by atoms with Crippen LogP contribution in [-0.2, 0) is 6.42 Å². The fourth-order valence-electron chi connectivity index (χ4n) is 2.14. The lowest BCUT2D eigenvalue weighted by Gasteiger charge is -2.20. The zero-order valence-electron chi connectivity index (χ0n) is 11.4. The van der Waals surface area contributed by atoms with E-state index in [0.29, 0.717) is 22.2 Å². The minimum absolute atomic E-state index is 0.236. The van der Waals surface area contributed by atoms with Crippen LogP contribution in [0.5, 0.6) is 5.75 Å². The Labute approximate surface area is 132 Å². The van der Waals surface area contributed by atoms with Crippen molar-refractivity contribution < 1.29 is 9.13 Å². The molecular formula is C15H15Cl2FN2O. The molecule has 0 spiro atoms. The highest BCUT2D eigenvalue weighted by Gasteiger charge is 2.17. The molecule has 3 nitrogen and oxygen atoms in total. The minimum atomic E-state index is -0.370. The monoisotopic (exact) mass is 328 g/mol. The Hall–Kier alpha value is -1.33. The highest BCUT2D eigenvalue weighted by molar-refractivity contribution is 6.31. The Morgan fingerprint density at radius 1 is 1.24 bits per heavy atom. The van der Waals surface area contributed by atoms with E-state index in [1.165, 1.54) is 12.1 Å². The number of ether oxygens (including phenoxy) is 1. The van der Waals surface area contributed by atoms with E-state index in [0.717, 1.165) is 11.1 Å². The van der Waals surface area contributed by atoms with Crippen LogP contribution in [0.1, 0.15) is 17.2 Å². The van der Waals surface area contributed by atoms with Crippen molar-refractivity contribution in [2.45, 2.75) is 12.5 Å². The van der Waals surface area contributed by atoms with Gasteiger partial charge in [-0.05, 0) is 36.2 Å². The first-order valence-corrected chi connectivity index (χ1v) is 7.04. The zero-order chi connectivity index (χ0) is 15.4. The Balaban J connectivity index is 2.32. The molecule has 0 radical (unpaired) electrons. The molecule has 0 aliphatic rings. The van der Waals surface area contributed by atoms with E-state index in [-0.39, 0.29) is 11.9 Å². The summed E-state index contributed by atoms with van der Waals surface area (Å²) < 4.78 is 18.4. The van der Waals surface area contributed by atoms with Gasteiger partial charge in [-0.2, -0.15) is 0 Å². The van der Waals surface area contributed by atoms with Crippen LogP contribution >= 0.6 is 23.2 Å². The molecule has 0 saturated heterocycles. The third-order valence-electron chi connectivity index (χ3n) is 3.21. The van der Waals surface area contributed by atoms with Crippen LogP contribution in [0.4, 0.5) is 4.39 Å². The molecule has 3 N–H and O–H groups in total. The summed E-state index contributed by atoms with van der Waals surface area (Å²) in [6.07, 6.45) is 0.494. The van der Waals surface area contributed by atoms with Gasteiger partial charge in [0.15, 0.2) is 0 Å². The third kappa shape index (κ3) is 3.86. The van der Waals surface area contributed by atoms with Crippen molar-refractivity contribution in [1.82, 2.24) is 5.43 Å². The number of nitrogens with two attached hydrogens (primary N) is 1. The number of rotatable bonds is 5. The van der Waals surface area contributed by atoms with Gasteiger partial charge in [0.25, 0.3) is 0 Å². The average molecular weight is 329 g/mol. The van der Waals surface area contributed by atoms with Gasteiger partial charge in [0, 0.05) is 15.6 Å². The molecule has 0 bridgehead atoms. The second kappa shape index (κ2) is 7.09. The highest BCUT2D eigenvalue weighted by atomic mass is 35.5. The molecule has 0 amide bonds. The van der Waals surface area contributed by atoms with Gasteiger partial charge in [-0.3, -0.25) is 11.3 Å². The maximum absolute atomic E-state index is 13.1. The molecule has 2 rings (SSSR count). The van der Waals surface area contributed by atoms with Crippen molar-refractivity contribution in [3.05, 3.63) is 63.4 Å². The molecule has 0 aliphatic heterocycles. The van der Waals surface area contributed by atoms with E-state index < -0.39 is 0 Å². The number of benzene rings is 2. The smallest absolute Gasteiger partial charge is 0.125 e. The summed E-state index contributed by atoms with van der Waals surface area (Å²) in [6.45, 7) is 0. The molecule has 1 atom stereocenters. The van der Waals surface area contributed by atoms with Crippen molar-refractivity contribution >= 4 is 23.2 Å². The van der Waals surface area contributed by atoms with Crippen LogP contribution in [0.15, 0.2) is 36.4 Å². The molecule has 112 valence electrons. The van der Waals surface area contributed by atoms with Crippen molar-refractivity contribution in [2.75, 3.05) is 7.11 Å². The quantitative estimate of drug-likeness (QED) is 0.646. The molecule has 0 aliphatic carbocycles. The second-order valence-corrected chi connectivity index (χ2v) is 5.39. The van der Waals surface area contributed by atoms with Gasteiger partial charge in [-0.1, -0.05) is 35.3 Å². The summed E-state index contributed by atoms with van der Waals surface area (Å²) in [6, 6.07) is 9.37. The van der Waals surface area contributed by atoms with Gasteiger partial charge in [0.05, 0.1) is 13.2 Å². The lowest BCUT2D eigenvalue weighted by molar-refractivity contribution is 0.399. The topological polar surface area (TPSA) is 47.3 Å². The molecule has 0 heterocycles. The molecular weight excluding hydrogens is 314 g/mol. The Morgan fingerprint density at radius 3 is 2.62 bits per heavy atom. The Bertz CT molecular complexity index is 637. The lowest BCUT2D eigenvalue weighted by Crippen LogP contribution is -2.30. The first kappa shape index (κ1) is 16.0. The van der Waals surface area contributed by atoms with Crippen LogP contribution in [-0.4, -0.2) is 7.11 Å². The van der Waals surface area contributed by atoms with Gasteiger partial charge in [-0.25, -0.2) is 4.39 Å². The predicted molar refractivity (Wildman–Crippen MR) is 83.2 cm³/mol. The molecule has 2 aromatic rings. The maximum Gasteiger partial charge on any atom is 0.125 e. The summed E-state index contributed by atoms with van der Waals surface area (Å²) in [5, 5.41) is 0.939. The number of hydrogen-bond acceptors (Lipinski definition) is 3. The highest BCUT2D eigenvalue weighted by Crippen LogP contribution is 2.31. The fourth-order valence-corrected chi connectivity index (χ4v) is 2.55. The molecule has 1 unspecified atom stereocenters. The fraction of sp³-hybridized carbons (Fsp3) is 0.200. The largest absolute Gasteiger partial charge is 0.496 e. The van der Waals surface area contributed by atoms with E-state index in [2.05, 4.69) is 5.43 Å². The molecule has 0 fully saturated rings. The van der Waals surface area contributed by atoms with Gasteiger partial charge >= 0.3 is 0 Å². The molecule has 0 saturated carbocycles. The van der Waals surface area contributed by atoms with Gasteiger partial charge < -0.3 is 4.74 Å². The van der Waals surface area contributed by atoms with E-state index in [1.54, 1.807) is 25.3 Å². The van der Waals surface area contributed by atoms with E-state index in [4.69, 9.17) is 33.8 Å². The molecule has 2 aromatic carbocycles. The van der Waals surface area contributed by atoms with E-state index in [9.17, 15) is 4.39 Å². The summed E-state index contributed by atoms with van der Waals surface area (Å²) >= 11 is 12.0. The summed E-state index contributed by atoms with van der Waals surface area (Å²) in [5.74, 6) is 5.90. The molecule has 6 heteroatoms. The van der Waals surface area contributed by atoms with Gasteiger partial charge in [-0.15, -0.1) is 0 Å². The normalized spacial score (nSPS) is 12.2. The Kier molecular flexibility index (Phi) is 5.42. The average Bonchev–Trinajstić information content (AvgIpc) is 2.47. The van der Waals surface area contributed by atoms with Gasteiger partial charge in [0.1, 0.15) is 11.6 Å². The second-order valence-electron chi connectivity index (χ2n) is 4.55. The summed E-state index contributed by atoms with van der Waals surface area (Å²) in [4.78, 5) is 0. The number of halogens is 3. The molecule has 21 heavy (non-hydrogen) atoms. The first-order valence-electron chi connectivity index (χ1n) is 6.28. The summed E-state index contributed by atoms with van der Waals surface area (Å²) in [5.41, 5.74) is 4.37. The number of methoxy groups -OCH3 is 1. The maximum atomic E-state index is 13.1. The van der Waals surface area contributed by atoms with Crippen LogP contribution in [0, 0.1) is 5.82 Å². The zero-order valence-corrected chi connectivity index (χ0v) is 12.9. The number of hydrogen-bond donors (Lipinski definition) is 2. The third-order valence-corrected chi connectivity index (χ3v) is 3.80. The van der Waals surface area contributed by atoms with Gasteiger partial charge in [0.2, 0.25) is 0 Å². The summed E-state index contributed by atoms with van der Waals surface area (Å²) in [7, 11) is 1.56. The van der Waals surface area contributed by atoms with Crippen LogP contribution in [0.3, 0.4) is 0 Å². The van der Waals surface area contributed by atoms with Crippen LogP contribution in [0.25, 0.3) is 0 Å².